The van der Waals surface area contributed by atoms with Crippen LogP contribution in [0.25, 0.3) is 0 Å². The van der Waals surface area contributed by atoms with Gasteiger partial charge in [-0.2, -0.15) is 5.26 Å². The lowest BCUT2D eigenvalue weighted by molar-refractivity contribution is -0.385. The van der Waals surface area contributed by atoms with E-state index >= 15 is 0 Å². The van der Waals surface area contributed by atoms with Gasteiger partial charge in [-0.05, 0) is 11.6 Å². The van der Waals surface area contributed by atoms with E-state index in [1.54, 1.807) is 6.07 Å². The van der Waals surface area contributed by atoms with Gasteiger partial charge >= 0.3 is 5.97 Å². The molecule has 0 fully saturated rings. The van der Waals surface area contributed by atoms with Crippen molar-refractivity contribution < 1.29 is 14.5 Å². The number of alkyl halides is 1. The largest absolute Gasteiger partial charge is 0.468 e. The smallest absolute Gasteiger partial charge is 0.328 e. The molecule has 6 nitrogen and oxygen atoms in total. The Kier molecular flexibility index (Phi) is 4.01. The Morgan fingerprint density at radius 2 is 2.29 bits per heavy atom. The van der Waals surface area contributed by atoms with E-state index in [9.17, 15) is 14.9 Å². The van der Waals surface area contributed by atoms with Gasteiger partial charge in [0, 0.05) is 6.07 Å². The summed E-state index contributed by atoms with van der Waals surface area (Å²) < 4.78 is 4.43. The number of halogens is 1. The van der Waals surface area contributed by atoms with Gasteiger partial charge < -0.3 is 4.74 Å². The van der Waals surface area contributed by atoms with Crippen LogP contribution in [0.3, 0.4) is 0 Å². The summed E-state index contributed by atoms with van der Waals surface area (Å²) >= 11 is 5.76. The van der Waals surface area contributed by atoms with Gasteiger partial charge in [-0.3, -0.25) is 14.9 Å². The SMILES string of the molecule is COC(=O)C(Cl)c1ccc([N+](=O)[O-])c(C#N)c1. The standard InChI is InChI=1S/C10H7ClN2O4/c1-17-10(14)9(11)6-2-3-8(13(15)16)7(4-6)5-12/h2-4,9H,1H3. The molecular weight excluding hydrogens is 248 g/mol. The van der Waals surface area contributed by atoms with Crippen molar-refractivity contribution in [2.24, 2.45) is 0 Å². The van der Waals surface area contributed by atoms with Crippen molar-refractivity contribution in [2.45, 2.75) is 5.38 Å². The second-order valence-corrected chi connectivity index (χ2v) is 3.47. The minimum atomic E-state index is -1.09. The zero-order valence-electron chi connectivity index (χ0n) is 8.71. The molecule has 0 aromatic heterocycles. The highest BCUT2D eigenvalue weighted by Crippen LogP contribution is 2.27. The number of hydrogen-bond acceptors (Lipinski definition) is 5. The number of hydrogen-bond donors (Lipinski definition) is 0. The van der Waals surface area contributed by atoms with Gasteiger partial charge in [-0.15, -0.1) is 11.6 Å². The fourth-order valence-electron chi connectivity index (χ4n) is 1.20. The van der Waals surface area contributed by atoms with Crippen LogP contribution < -0.4 is 0 Å². The maximum Gasteiger partial charge on any atom is 0.328 e. The quantitative estimate of drug-likeness (QED) is 0.355. The molecule has 7 heteroatoms. The van der Waals surface area contributed by atoms with Crippen molar-refractivity contribution in [1.82, 2.24) is 0 Å². The number of rotatable bonds is 3. The first kappa shape index (κ1) is 12.9. The fourth-order valence-corrected chi connectivity index (χ4v) is 1.42. The van der Waals surface area contributed by atoms with Crippen LogP contribution in [0.5, 0.6) is 0 Å². The molecule has 17 heavy (non-hydrogen) atoms. The number of methoxy groups -OCH3 is 1. The molecule has 0 saturated heterocycles. The summed E-state index contributed by atoms with van der Waals surface area (Å²) in [6.07, 6.45) is 0. The van der Waals surface area contributed by atoms with E-state index in [1.807, 2.05) is 0 Å². The number of nitro benzene ring substituents is 1. The van der Waals surface area contributed by atoms with E-state index in [-0.39, 0.29) is 16.8 Å². The van der Waals surface area contributed by atoms with Crippen molar-refractivity contribution in [3.8, 4) is 6.07 Å². The molecule has 1 aromatic carbocycles. The first-order valence-electron chi connectivity index (χ1n) is 4.41. The van der Waals surface area contributed by atoms with E-state index in [0.717, 1.165) is 6.07 Å². The zero-order valence-corrected chi connectivity index (χ0v) is 9.47. The Morgan fingerprint density at radius 3 is 2.76 bits per heavy atom. The number of nitrogens with zero attached hydrogens (tertiary/aromatic N) is 2. The first-order chi connectivity index (χ1) is 8.01. The Hall–Kier alpha value is -2.13. The highest BCUT2D eigenvalue weighted by Gasteiger charge is 2.22. The molecule has 88 valence electrons. The van der Waals surface area contributed by atoms with Crippen LogP contribution in [0.2, 0.25) is 0 Å². The summed E-state index contributed by atoms with van der Waals surface area (Å²) in [5.74, 6) is -0.690. The van der Waals surface area contributed by atoms with E-state index in [2.05, 4.69) is 4.74 Å². The molecule has 0 spiro atoms. The number of carbonyl (C=O) groups is 1. The second-order valence-electron chi connectivity index (χ2n) is 3.03. The van der Waals surface area contributed by atoms with Crippen molar-refractivity contribution in [2.75, 3.05) is 7.11 Å². The molecule has 0 heterocycles. The van der Waals surface area contributed by atoms with Crippen LogP contribution in [0.4, 0.5) is 5.69 Å². The monoisotopic (exact) mass is 254 g/mol. The van der Waals surface area contributed by atoms with E-state index in [1.165, 1.54) is 19.2 Å². The van der Waals surface area contributed by atoms with Crippen molar-refractivity contribution in [1.29, 1.82) is 5.26 Å². The molecule has 0 radical (unpaired) electrons. The molecule has 1 rings (SSSR count). The van der Waals surface area contributed by atoms with Gasteiger partial charge in [0.05, 0.1) is 12.0 Å². The summed E-state index contributed by atoms with van der Waals surface area (Å²) in [5, 5.41) is 18.2. The van der Waals surface area contributed by atoms with Crippen LogP contribution >= 0.6 is 11.6 Å². The van der Waals surface area contributed by atoms with Gasteiger partial charge in [0.2, 0.25) is 0 Å². The lowest BCUT2D eigenvalue weighted by Crippen LogP contribution is -2.09. The lowest BCUT2D eigenvalue weighted by Gasteiger charge is -2.07. The number of nitro groups is 1. The zero-order chi connectivity index (χ0) is 13.0. The molecular formula is C10H7ClN2O4. The Bertz CT molecular complexity index is 510. The summed E-state index contributed by atoms with van der Waals surface area (Å²) in [5.41, 5.74) is -0.201. The van der Waals surface area contributed by atoms with Gasteiger partial charge in [0.15, 0.2) is 5.38 Å². The van der Waals surface area contributed by atoms with E-state index in [4.69, 9.17) is 16.9 Å². The normalized spacial score (nSPS) is 11.4. The summed E-state index contributed by atoms with van der Waals surface area (Å²) in [6, 6.07) is 5.32. The van der Waals surface area contributed by atoms with Crippen molar-refractivity contribution in [3.05, 3.63) is 39.4 Å². The number of benzene rings is 1. The average Bonchev–Trinajstić information content (AvgIpc) is 2.35. The fraction of sp³-hybridized carbons (Fsp3) is 0.200. The van der Waals surface area contributed by atoms with Crippen LogP contribution in [0.15, 0.2) is 18.2 Å². The first-order valence-corrected chi connectivity index (χ1v) is 4.85. The number of ether oxygens (including phenoxy) is 1. The third-order valence-electron chi connectivity index (χ3n) is 2.04. The minimum Gasteiger partial charge on any atom is -0.468 e. The molecule has 1 aromatic rings. The van der Waals surface area contributed by atoms with Gasteiger partial charge in [-0.25, -0.2) is 0 Å². The molecule has 0 amide bonds. The Balaban J connectivity index is 3.19. The highest BCUT2D eigenvalue weighted by atomic mass is 35.5. The highest BCUT2D eigenvalue weighted by molar-refractivity contribution is 6.29. The van der Waals surface area contributed by atoms with Crippen molar-refractivity contribution in [3.63, 3.8) is 0 Å². The molecule has 0 aliphatic carbocycles. The maximum absolute atomic E-state index is 11.2. The van der Waals surface area contributed by atoms with Crippen LogP contribution in [-0.4, -0.2) is 18.0 Å². The molecule has 0 bridgehead atoms. The van der Waals surface area contributed by atoms with Gasteiger partial charge in [0.25, 0.3) is 5.69 Å². The number of esters is 1. The summed E-state index contributed by atoms with van der Waals surface area (Å²) in [4.78, 5) is 21.1. The molecule has 1 atom stereocenters. The molecule has 0 aliphatic heterocycles. The molecule has 0 aliphatic rings. The predicted molar refractivity (Wildman–Crippen MR) is 58.4 cm³/mol. The van der Waals surface area contributed by atoms with Gasteiger partial charge in [0.1, 0.15) is 11.6 Å². The maximum atomic E-state index is 11.2. The Morgan fingerprint density at radius 1 is 1.65 bits per heavy atom. The third kappa shape index (κ3) is 2.71. The van der Waals surface area contributed by atoms with E-state index < -0.39 is 16.3 Å². The summed E-state index contributed by atoms with van der Waals surface area (Å²) in [6.45, 7) is 0. The minimum absolute atomic E-state index is 0.151. The number of nitriles is 1. The van der Waals surface area contributed by atoms with Crippen LogP contribution in [0.1, 0.15) is 16.5 Å². The molecule has 1 unspecified atom stereocenters. The third-order valence-corrected chi connectivity index (χ3v) is 2.47. The molecule has 0 N–H and O–H groups in total. The Labute approximate surface area is 102 Å². The lowest BCUT2D eigenvalue weighted by atomic mass is 10.1. The summed E-state index contributed by atoms with van der Waals surface area (Å²) in [7, 11) is 1.17. The second kappa shape index (κ2) is 5.27. The van der Waals surface area contributed by atoms with Crippen LogP contribution in [0, 0.1) is 21.4 Å². The number of carbonyl (C=O) groups excluding carboxylic acids is 1. The van der Waals surface area contributed by atoms with Crippen molar-refractivity contribution >= 4 is 23.3 Å². The average molecular weight is 255 g/mol. The van der Waals surface area contributed by atoms with E-state index in [0.29, 0.717) is 0 Å². The predicted octanol–water partition coefficient (Wildman–Crippen LogP) is 1.92. The topological polar surface area (TPSA) is 93.2 Å². The van der Waals surface area contributed by atoms with Gasteiger partial charge in [-0.1, -0.05) is 6.07 Å². The van der Waals surface area contributed by atoms with Crippen LogP contribution in [-0.2, 0) is 9.53 Å². The molecule has 0 saturated carbocycles.